The van der Waals surface area contributed by atoms with Gasteiger partial charge in [-0.1, -0.05) is 18.5 Å². The monoisotopic (exact) mass is 368 g/mol. The molecule has 2 heterocycles. The van der Waals surface area contributed by atoms with Crippen molar-refractivity contribution in [3.05, 3.63) is 64.1 Å². The Labute approximate surface area is 157 Å². The molecule has 4 rings (SSSR count). The van der Waals surface area contributed by atoms with Gasteiger partial charge in [-0.25, -0.2) is 4.98 Å². The van der Waals surface area contributed by atoms with Gasteiger partial charge in [-0.15, -0.1) is 0 Å². The lowest BCUT2D eigenvalue weighted by atomic mass is 9.88. The zero-order chi connectivity index (χ0) is 18.3. The lowest BCUT2D eigenvalue weighted by molar-refractivity contribution is 0.103. The first-order valence-corrected chi connectivity index (χ1v) is 9.25. The van der Waals surface area contributed by atoms with Crippen molar-refractivity contribution in [2.45, 2.75) is 31.8 Å². The van der Waals surface area contributed by atoms with Crippen molar-refractivity contribution in [1.29, 1.82) is 0 Å². The zero-order valence-corrected chi connectivity index (χ0v) is 15.3. The van der Waals surface area contributed by atoms with Gasteiger partial charge in [0.05, 0.1) is 5.56 Å². The molecule has 1 aromatic carbocycles. The molecule has 0 amide bonds. The number of nitrogens with one attached hydrogen (secondary N) is 2. The van der Waals surface area contributed by atoms with Gasteiger partial charge in [0, 0.05) is 40.4 Å². The van der Waals surface area contributed by atoms with Crippen molar-refractivity contribution in [3.63, 3.8) is 0 Å². The average Bonchev–Trinajstić information content (AvgIpc) is 3.00. The van der Waals surface area contributed by atoms with E-state index in [1.807, 2.05) is 18.2 Å². The van der Waals surface area contributed by atoms with Crippen LogP contribution in [0.15, 0.2) is 36.5 Å². The number of nitrogens with two attached hydrogens (primary N) is 1. The number of aromatic amines is 1. The molecular formula is C20H21ClN4O. The Morgan fingerprint density at radius 3 is 3.04 bits per heavy atom. The predicted molar refractivity (Wildman–Crippen MR) is 104 cm³/mol. The van der Waals surface area contributed by atoms with Crippen LogP contribution in [0.2, 0.25) is 5.15 Å². The van der Waals surface area contributed by atoms with Gasteiger partial charge in [-0.05, 0) is 55.3 Å². The first kappa shape index (κ1) is 17.2. The minimum absolute atomic E-state index is 0.0258. The first-order valence-electron chi connectivity index (χ1n) is 8.87. The predicted octanol–water partition coefficient (Wildman–Crippen LogP) is 3.37. The number of hydrogen-bond acceptors (Lipinski definition) is 4. The van der Waals surface area contributed by atoms with E-state index in [-0.39, 0.29) is 17.0 Å². The molecule has 2 aromatic heterocycles. The lowest BCUT2D eigenvalue weighted by Gasteiger charge is -2.27. The number of carbonyl (C=O) groups is 1. The Morgan fingerprint density at radius 1 is 1.42 bits per heavy atom. The number of nitrogens with zero attached hydrogens (tertiary/aromatic N) is 1. The normalized spacial score (nSPS) is 19.5. The molecular weight excluding hydrogens is 348 g/mol. The van der Waals surface area contributed by atoms with Crippen molar-refractivity contribution in [3.8, 4) is 0 Å². The van der Waals surface area contributed by atoms with Crippen molar-refractivity contribution in [2.24, 2.45) is 5.73 Å². The fraction of sp³-hybridized carbons (Fsp3) is 0.300. The van der Waals surface area contributed by atoms with E-state index >= 15 is 0 Å². The topological polar surface area (TPSA) is 83.8 Å². The van der Waals surface area contributed by atoms with E-state index in [0.717, 1.165) is 36.0 Å². The van der Waals surface area contributed by atoms with Gasteiger partial charge in [0.25, 0.3) is 0 Å². The van der Waals surface area contributed by atoms with Crippen LogP contribution in [0.1, 0.15) is 46.6 Å². The Hall–Kier alpha value is -2.21. The van der Waals surface area contributed by atoms with E-state index in [1.54, 1.807) is 18.3 Å². The summed E-state index contributed by atoms with van der Waals surface area (Å²) in [6, 6.07) is 9.46. The summed E-state index contributed by atoms with van der Waals surface area (Å²) in [4.78, 5) is 20.3. The number of carbonyl (C=O) groups excluding carboxylic acids is 1. The van der Waals surface area contributed by atoms with E-state index in [9.17, 15) is 4.79 Å². The van der Waals surface area contributed by atoms with Crippen molar-refractivity contribution in [2.75, 3.05) is 6.54 Å². The summed E-state index contributed by atoms with van der Waals surface area (Å²) < 4.78 is 0. The number of rotatable bonds is 4. The quantitative estimate of drug-likeness (QED) is 0.487. The lowest BCUT2D eigenvalue weighted by Crippen LogP contribution is -2.37. The van der Waals surface area contributed by atoms with Gasteiger partial charge in [-0.2, -0.15) is 0 Å². The fourth-order valence-electron chi connectivity index (χ4n) is 3.86. The summed E-state index contributed by atoms with van der Waals surface area (Å²) in [5.74, 6) is -0.122. The van der Waals surface area contributed by atoms with Gasteiger partial charge < -0.3 is 16.0 Å². The molecule has 6 heteroatoms. The molecule has 0 saturated carbocycles. The van der Waals surface area contributed by atoms with E-state index < -0.39 is 0 Å². The highest BCUT2D eigenvalue weighted by Gasteiger charge is 2.28. The van der Waals surface area contributed by atoms with E-state index in [2.05, 4.69) is 22.2 Å². The molecule has 3 aromatic rings. The molecule has 2 atom stereocenters. The third kappa shape index (κ3) is 2.92. The number of fused-ring (bicyclic) bond motifs is 3. The molecule has 2 unspecified atom stereocenters. The van der Waals surface area contributed by atoms with Gasteiger partial charge in [0.2, 0.25) is 0 Å². The molecule has 0 aliphatic heterocycles. The summed E-state index contributed by atoms with van der Waals surface area (Å²) in [5.41, 5.74) is 10.7. The molecule has 5 nitrogen and oxygen atoms in total. The van der Waals surface area contributed by atoms with Crippen LogP contribution >= 0.6 is 11.6 Å². The van der Waals surface area contributed by atoms with Crippen molar-refractivity contribution < 1.29 is 4.79 Å². The van der Waals surface area contributed by atoms with Crippen LogP contribution in [0.3, 0.4) is 0 Å². The van der Waals surface area contributed by atoms with Crippen LogP contribution in [0.4, 0.5) is 0 Å². The third-order valence-corrected chi connectivity index (χ3v) is 5.36. The smallest absolute Gasteiger partial charge is 0.196 e. The zero-order valence-electron chi connectivity index (χ0n) is 14.6. The number of hydrogen-bond donors (Lipinski definition) is 3. The number of H-pyrrole nitrogens is 1. The highest BCUT2D eigenvalue weighted by atomic mass is 35.5. The number of aromatic nitrogens is 2. The molecule has 0 saturated heterocycles. The van der Waals surface area contributed by atoms with Gasteiger partial charge in [-0.3, -0.25) is 4.79 Å². The van der Waals surface area contributed by atoms with Gasteiger partial charge in [0.15, 0.2) is 5.78 Å². The van der Waals surface area contributed by atoms with E-state index in [0.29, 0.717) is 17.2 Å². The second-order valence-electron chi connectivity index (χ2n) is 6.75. The van der Waals surface area contributed by atoms with Crippen LogP contribution in [0.25, 0.3) is 10.9 Å². The Kier molecular flexibility index (Phi) is 4.53. The molecule has 134 valence electrons. The average molecular weight is 369 g/mol. The van der Waals surface area contributed by atoms with Crippen LogP contribution in [0.5, 0.6) is 0 Å². The SMILES string of the molecule is CCNC1Cc2c([nH]c3ccc(C(=O)c4cccnc4Cl)cc23)C(N)C1. The van der Waals surface area contributed by atoms with Crippen molar-refractivity contribution in [1.82, 2.24) is 15.3 Å². The van der Waals surface area contributed by atoms with Crippen LogP contribution in [-0.4, -0.2) is 28.3 Å². The summed E-state index contributed by atoms with van der Waals surface area (Å²) in [7, 11) is 0. The molecule has 0 radical (unpaired) electrons. The fourth-order valence-corrected chi connectivity index (χ4v) is 4.06. The summed E-state index contributed by atoms with van der Waals surface area (Å²) in [6.45, 7) is 3.02. The van der Waals surface area contributed by atoms with E-state index in [4.69, 9.17) is 17.3 Å². The summed E-state index contributed by atoms with van der Waals surface area (Å²) >= 11 is 6.09. The number of pyridine rings is 1. The molecule has 0 spiro atoms. The molecule has 1 aliphatic carbocycles. The minimum atomic E-state index is -0.122. The second kappa shape index (κ2) is 6.83. The third-order valence-electron chi connectivity index (χ3n) is 5.06. The Morgan fingerprint density at radius 2 is 2.27 bits per heavy atom. The van der Waals surface area contributed by atoms with Crippen LogP contribution in [-0.2, 0) is 6.42 Å². The molecule has 4 N–H and O–H groups in total. The standard InChI is InChI=1S/C20H21ClN4O/c1-2-23-12-9-15-14-8-11(19(26)13-4-3-7-24-20(13)21)5-6-17(14)25-18(15)16(22)10-12/h3-8,12,16,23,25H,2,9-10,22H2,1H3. The Bertz CT molecular complexity index is 981. The minimum Gasteiger partial charge on any atom is -0.357 e. The number of likely N-dealkylation sites (N-methyl/N-ethyl adjacent to an activating group) is 1. The molecule has 0 bridgehead atoms. The van der Waals surface area contributed by atoms with Crippen LogP contribution < -0.4 is 11.1 Å². The second-order valence-corrected chi connectivity index (χ2v) is 7.11. The van der Waals surface area contributed by atoms with Crippen LogP contribution in [0, 0.1) is 0 Å². The van der Waals surface area contributed by atoms with Crippen molar-refractivity contribution >= 4 is 28.3 Å². The largest absolute Gasteiger partial charge is 0.357 e. The maximum atomic E-state index is 12.9. The Balaban J connectivity index is 1.77. The molecule has 0 fully saturated rings. The maximum Gasteiger partial charge on any atom is 0.196 e. The highest BCUT2D eigenvalue weighted by molar-refractivity contribution is 6.33. The number of ketones is 1. The van der Waals surface area contributed by atoms with E-state index in [1.165, 1.54) is 5.56 Å². The van der Waals surface area contributed by atoms with Gasteiger partial charge in [0.1, 0.15) is 5.15 Å². The number of benzene rings is 1. The summed E-state index contributed by atoms with van der Waals surface area (Å²) in [5, 5.41) is 4.78. The highest BCUT2D eigenvalue weighted by Crippen LogP contribution is 2.34. The first-order chi connectivity index (χ1) is 12.6. The summed E-state index contributed by atoms with van der Waals surface area (Å²) in [6.07, 6.45) is 3.39. The molecule has 26 heavy (non-hydrogen) atoms. The number of halogens is 1. The maximum absolute atomic E-state index is 12.9. The molecule has 1 aliphatic rings. The van der Waals surface area contributed by atoms with Gasteiger partial charge >= 0.3 is 0 Å².